The van der Waals surface area contributed by atoms with Crippen LogP contribution in [-0.4, -0.2) is 22.3 Å². The first-order valence-electron chi connectivity index (χ1n) is 18.6. The van der Waals surface area contributed by atoms with Crippen LogP contribution in [0.2, 0.25) is 0 Å². The summed E-state index contributed by atoms with van der Waals surface area (Å²) >= 11 is 0. The molecule has 0 aliphatic heterocycles. The maximum Gasteiger partial charge on any atom is 0.488 e. The highest BCUT2D eigenvalue weighted by Gasteiger charge is 2.54. The minimum absolute atomic E-state index is 0.240. The molecule has 0 bridgehead atoms. The second-order valence-electron chi connectivity index (χ2n) is 15.1. The molecule has 3 nitrogen and oxygen atoms in total. The lowest BCUT2D eigenvalue weighted by Crippen LogP contribution is -2.33. The van der Waals surface area contributed by atoms with Gasteiger partial charge in [0, 0.05) is 0 Å². The van der Waals surface area contributed by atoms with Crippen molar-refractivity contribution in [3.63, 3.8) is 0 Å². The maximum absolute atomic E-state index is 11.1. The molecule has 1 unspecified atom stereocenters. The van der Waals surface area contributed by atoms with Crippen molar-refractivity contribution in [2.75, 3.05) is 0 Å². The molecular formula is C50H31BO3. The standard InChI is InChI=1S/C50H31BO3/c52-30-24-25-34-33-14-3-8-20-41(33)50(45(34)28-30)43-22-10-4-15-36(43)47-35(17-11-23-44(47)50)38-26-29(51(53)54)27-46-48(38)37-16-5-9-21-42(37)49(46)39-18-6-1-12-31(39)32-13-2-7-19-40(32)49/h1-28,52-54H. The van der Waals surface area contributed by atoms with Crippen LogP contribution in [0.5, 0.6) is 5.75 Å². The Kier molecular flexibility index (Phi) is 5.76. The number of fused-ring (bicyclic) bond motifs is 20. The number of rotatable bonds is 2. The van der Waals surface area contributed by atoms with E-state index in [0.717, 1.165) is 55.6 Å². The summed E-state index contributed by atoms with van der Waals surface area (Å²) in [6.07, 6.45) is 0. The zero-order valence-electron chi connectivity index (χ0n) is 29.1. The molecule has 8 aromatic rings. The number of benzene rings is 8. The number of hydrogen-bond acceptors (Lipinski definition) is 3. The SMILES string of the molecule is OB(O)c1cc(-c2cccc3c2-c2ccccc2C32c3ccccc3-c3ccc(O)cc32)c2c(c1)C1(c3ccccc3-c3ccccc31)c1ccccc1-2. The zero-order chi connectivity index (χ0) is 35.9. The monoisotopic (exact) mass is 690 g/mol. The van der Waals surface area contributed by atoms with E-state index in [1.807, 2.05) is 18.2 Å². The largest absolute Gasteiger partial charge is 0.508 e. The number of phenols is 1. The second kappa shape index (κ2) is 10.4. The second-order valence-corrected chi connectivity index (χ2v) is 15.1. The first-order chi connectivity index (χ1) is 26.5. The lowest BCUT2D eigenvalue weighted by Gasteiger charge is -2.31. The van der Waals surface area contributed by atoms with Crippen molar-refractivity contribution >= 4 is 12.6 Å². The zero-order valence-corrected chi connectivity index (χ0v) is 29.1. The molecule has 0 fully saturated rings. The van der Waals surface area contributed by atoms with Gasteiger partial charge < -0.3 is 15.2 Å². The molecule has 0 aromatic heterocycles. The summed E-state index contributed by atoms with van der Waals surface area (Å²) in [7, 11) is -1.67. The molecule has 54 heavy (non-hydrogen) atoms. The van der Waals surface area contributed by atoms with Gasteiger partial charge in [-0.25, -0.2) is 0 Å². The molecule has 3 N–H and O–H groups in total. The van der Waals surface area contributed by atoms with Crippen LogP contribution in [0.3, 0.4) is 0 Å². The van der Waals surface area contributed by atoms with Crippen molar-refractivity contribution in [2.45, 2.75) is 10.8 Å². The first kappa shape index (κ1) is 30.1. The van der Waals surface area contributed by atoms with Gasteiger partial charge in [-0.05, 0) is 118 Å². The molecule has 12 rings (SSSR count). The van der Waals surface area contributed by atoms with Crippen molar-refractivity contribution in [1.29, 1.82) is 0 Å². The number of hydrogen-bond donors (Lipinski definition) is 3. The summed E-state index contributed by atoms with van der Waals surface area (Å²) in [5, 5.41) is 33.1. The van der Waals surface area contributed by atoms with Gasteiger partial charge >= 0.3 is 7.12 Å². The lowest BCUT2D eigenvalue weighted by atomic mass is 9.67. The highest BCUT2D eigenvalue weighted by atomic mass is 16.4. The predicted octanol–water partition coefficient (Wildman–Crippen LogP) is 9.43. The molecule has 4 aliphatic rings. The Hall–Kier alpha value is -6.46. The number of phenolic OH excluding ortho intramolecular Hbond substituents is 1. The molecule has 2 spiro atoms. The normalized spacial score (nSPS) is 16.6. The summed E-state index contributed by atoms with van der Waals surface area (Å²) < 4.78 is 0. The Morgan fingerprint density at radius 1 is 0.315 bits per heavy atom. The van der Waals surface area contributed by atoms with Crippen molar-refractivity contribution in [3.8, 4) is 61.4 Å². The van der Waals surface area contributed by atoms with Crippen LogP contribution in [0.1, 0.15) is 44.5 Å². The van der Waals surface area contributed by atoms with Crippen LogP contribution < -0.4 is 5.46 Å². The molecular weight excluding hydrogens is 659 g/mol. The molecule has 4 heteroatoms. The fourth-order valence-corrected chi connectivity index (χ4v) is 11.0. The highest BCUT2D eigenvalue weighted by Crippen LogP contribution is 2.67. The summed E-state index contributed by atoms with van der Waals surface area (Å²) in [6, 6.07) is 59.8. The minimum atomic E-state index is -1.67. The average Bonchev–Trinajstić information content (AvgIpc) is 3.89. The predicted molar refractivity (Wildman–Crippen MR) is 216 cm³/mol. The van der Waals surface area contributed by atoms with E-state index in [1.54, 1.807) is 6.07 Å². The van der Waals surface area contributed by atoms with Crippen molar-refractivity contribution in [3.05, 3.63) is 214 Å². The topological polar surface area (TPSA) is 60.7 Å². The fourth-order valence-electron chi connectivity index (χ4n) is 11.0. The minimum Gasteiger partial charge on any atom is -0.508 e. The van der Waals surface area contributed by atoms with Crippen LogP contribution in [0.25, 0.3) is 55.6 Å². The smallest absolute Gasteiger partial charge is 0.488 e. The van der Waals surface area contributed by atoms with Gasteiger partial charge in [0.05, 0.1) is 10.8 Å². The number of aromatic hydroxyl groups is 1. The Morgan fingerprint density at radius 3 is 1.26 bits per heavy atom. The van der Waals surface area contributed by atoms with Gasteiger partial charge in [0.2, 0.25) is 0 Å². The molecule has 0 heterocycles. The van der Waals surface area contributed by atoms with E-state index in [2.05, 4.69) is 146 Å². The summed E-state index contributed by atoms with van der Waals surface area (Å²) in [5.74, 6) is 0.240. The summed E-state index contributed by atoms with van der Waals surface area (Å²) in [6.45, 7) is 0. The maximum atomic E-state index is 11.1. The van der Waals surface area contributed by atoms with E-state index in [9.17, 15) is 15.2 Å². The van der Waals surface area contributed by atoms with Crippen LogP contribution in [0.4, 0.5) is 0 Å². The first-order valence-corrected chi connectivity index (χ1v) is 18.6. The van der Waals surface area contributed by atoms with Gasteiger partial charge in [-0.15, -0.1) is 0 Å². The molecule has 1 atom stereocenters. The third-order valence-electron chi connectivity index (χ3n) is 12.8. The third kappa shape index (κ3) is 3.38. The lowest BCUT2D eigenvalue weighted by molar-refractivity contribution is 0.425. The third-order valence-corrected chi connectivity index (χ3v) is 12.8. The Labute approximate surface area is 313 Å². The van der Waals surface area contributed by atoms with Gasteiger partial charge in [-0.3, -0.25) is 0 Å². The van der Waals surface area contributed by atoms with E-state index in [-0.39, 0.29) is 5.75 Å². The van der Waals surface area contributed by atoms with Gasteiger partial charge in [0.15, 0.2) is 0 Å². The van der Waals surface area contributed by atoms with Crippen molar-refractivity contribution in [1.82, 2.24) is 0 Å². The molecule has 0 saturated heterocycles. The van der Waals surface area contributed by atoms with E-state index >= 15 is 0 Å². The summed E-state index contributed by atoms with van der Waals surface area (Å²) in [5.41, 5.74) is 19.6. The molecule has 252 valence electrons. The average molecular weight is 691 g/mol. The van der Waals surface area contributed by atoms with E-state index in [4.69, 9.17) is 0 Å². The van der Waals surface area contributed by atoms with Crippen LogP contribution in [-0.2, 0) is 10.8 Å². The van der Waals surface area contributed by atoms with Crippen LogP contribution >= 0.6 is 0 Å². The van der Waals surface area contributed by atoms with Crippen molar-refractivity contribution in [2.24, 2.45) is 0 Å². The van der Waals surface area contributed by atoms with E-state index in [0.29, 0.717) is 5.46 Å². The van der Waals surface area contributed by atoms with Gasteiger partial charge in [-0.2, -0.15) is 0 Å². The molecule has 0 amide bonds. The molecule has 8 aromatic carbocycles. The van der Waals surface area contributed by atoms with E-state index < -0.39 is 17.9 Å². The Balaban J connectivity index is 1.23. The quantitative estimate of drug-likeness (QED) is 0.159. The van der Waals surface area contributed by atoms with Gasteiger partial charge in [-0.1, -0.05) is 158 Å². The molecule has 4 aliphatic carbocycles. The van der Waals surface area contributed by atoms with Gasteiger partial charge in [0.1, 0.15) is 5.75 Å². The molecule has 0 radical (unpaired) electrons. The summed E-state index contributed by atoms with van der Waals surface area (Å²) in [4.78, 5) is 0. The highest BCUT2D eigenvalue weighted by molar-refractivity contribution is 6.59. The van der Waals surface area contributed by atoms with Gasteiger partial charge in [0.25, 0.3) is 0 Å². The molecule has 0 saturated carbocycles. The van der Waals surface area contributed by atoms with Crippen molar-refractivity contribution < 1.29 is 15.2 Å². The Morgan fingerprint density at radius 2 is 0.722 bits per heavy atom. The van der Waals surface area contributed by atoms with E-state index in [1.165, 1.54) is 44.5 Å². The van der Waals surface area contributed by atoms with Crippen LogP contribution in [0.15, 0.2) is 170 Å². The fraction of sp³-hybridized carbons (Fsp3) is 0.0400. The van der Waals surface area contributed by atoms with Crippen LogP contribution in [0, 0.1) is 0 Å². The Bertz CT molecular complexity index is 2910.